The Balaban J connectivity index is 1.48. The summed E-state index contributed by atoms with van der Waals surface area (Å²) in [5, 5.41) is 0. The van der Waals surface area contributed by atoms with E-state index in [1.54, 1.807) is 37.3 Å². The molecule has 0 bridgehead atoms. The molecule has 0 amide bonds. The first-order chi connectivity index (χ1) is 16.5. The molecule has 0 spiro atoms. The number of hydrogen-bond donors (Lipinski definition) is 0. The van der Waals surface area contributed by atoms with Gasteiger partial charge in [-0.15, -0.1) is 6.58 Å². The van der Waals surface area contributed by atoms with Crippen molar-refractivity contribution < 1.29 is 27.4 Å². The third-order valence-electron chi connectivity index (χ3n) is 5.89. The topological polar surface area (TPSA) is 27.7 Å². The van der Waals surface area contributed by atoms with Gasteiger partial charge in [0.15, 0.2) is 17.9 Å². The van der Waals surface area contributed by atoms with Gasteiger partial charge in [-0.1, -0.05) is 42.5 Å². The molecule has 0 N–H and O–H groups in total. The SMILES string of the molecule is C=CCCC1OCC(c2ccc(-c3ccc(-c4ccc(OCC)c(F)c4F)cc3)cc2F)CO1. The van der Waals surface area contributed by atoms with Gasteiger partial charge in [-0.2, -0.15) is 4.39 Å². The van der Waals surface area contributed by atoms with Gasteiger partial charge in [0.05, 0.1) is 19.8 Å². The first-order valence-corrected chi connectivity index (χ1v) is 11.4. The van der Waals surface area contributed by atoms with Gasteiger partial charge in [-0.25, -0.2) is 8.78 Å². The van der Waals surface area contributed by atoms with Gasteiger partial charge in [0, 0.05) is 17.9 Å². The van der Waals surface area contributed by atoms with Gasteiger partial charge in [0.1, 0.15) is 5.82 Å². The smallest absolute Gasteiger partial charge is 0.201 e. The lowest BCUT2D eigenvalue weighted by atomic mass is 9.95. The average Bonchev–Trinajstić information content (AvgIpc) is 2.86. The Morgan fingerprint density at radius 3 is 2.24 bits per heavy atom. The van der Waals surface area contributed by atoms with Gasteiger partial charge >= 0.3 is 0 Å². The number of rotatable bonds is 8. The van der Waals surface area contributed by atoms with Crippen LogP contribution >= 0.6 is 0 Å². The first-order valence-electron chi connectivity index (χ1n) is 11.4. The molecular weight excluding hydrogens is 441 g/mol. The van der Waals surface area contributed by atoms with Crippen molar-refractivity contribution in [3.63, 3.8) is 0 Å². The summed E-state index contributed by atoms with van der Waals surface area (Å²) in [5.74, 6) is -2.59. The normalized spacial score (nSPS) is 18.0. The second kappa shape index (κ2) is 10.9. The molecule has 178 valence electrons. The molecule has 1 aliphatic heterocycles. The molecule has 34 heavy (non-hydrogen) atoms. The van der Waals surface area contributed by atoms with E-state index in [0.717, 1.165) is 18.4 Å². The molecule has 1 aliphatic rings. The lowest BCUT2D eigenvalue weighted by molar-refractivity contribution is -0.189. The number of ether oxygens (including phenoxy) is 3. The van der Waals surface area contributed by atoms with E-state index >= 15 is 0 Å². The van der Waals surface area contributed by atoms with E-state index in [-0.39, 0.29) is 35.9 Å². The van der Waals surface area contributed by atoms with Crippen molar-refractivity contribution in [1.82, 2.24) is 0 Å². The van der Waals surface area contributed by atoms with Crippen molar-refractivity contribution in [2.75, 3.05) is 19.8 Å². The van der Waals surface area contributed by atoms with Crippen LogP contribution < -0.4 is 4.74 Å². The van der Waals surface area contributed by atoms with Gasteiger partial charge in [-0.3, -0.25) is 0 Å². The minimum Gasteiger partial charge on any atom is -0.491 e. The van der Waals surface area contributed by atoms with Crippen molar-refractivity contribution in [2.45, 2.75) is 32.0 Å². The zero-order valence-electron chi connectivity index (χ0n) is 19.0. The fourth-order valence-corrected chi connectivity index (χ4v) is 4.05. The summed E-state index contributed by atoms with van der Waals surface area (Å²) in [6.45, 7) is 6.44. The van der Waals surface area contributed by atoms with Crippen LogP contribution in [0.5, 0.6) is 5.75 Å². The van der Waals surface area contributed by atoms with Gasteiger partial charge in [-0.05, 0) is 53.8 Å². The van der Waals surface area contributed by atoms with Crippen LogP contribution in [0.4, 0.5) is 13.2 Å². The van der Waals surface area contributed by atoms with Crippen molar-refractivity contribution in [3.8, 4) is 28.0 Å². The third kappa shape index (κ3) is 5.18. The monoisotopic (exact) mass is 468 g/mol. The van der Waals surface area contributed by atoms with E-state index in [4.69, 9.17) is 14.2 Å². The Morgan fingerprint density at radius 1 is 0.912 bits per heavy atom. The first kappa shape index (κ1) is 24.0. The van der Waals surface area contributed by atoms with Crippen LogP contribution in [0, 0.1) is 17.5 Å². The van der Waals surface area contributed by atoms with E-state index < -0.39 is 11.6 Å². The summed E-state index contributed by atoms with van der Waals surface area (Å²) in [6, 6.07) is 14.9. The molecule has 0 aromatic heterocycles. The largest absolute Gasteiger partial charge is 0.491 e. The molecule has 0 aliphatic carbocycles. The second-order valence-electron chi connectivity index (χ2n) is 8.15. The standard InChI is InChI=1S/C28H27F3O3/c1-3-5-6-26-33-16-21(17-34-26)22-12-11-20(15-24(22)29)18-7-9-19(10-8-18)23-13-14-25(32-4-2)28(31)27(23)30/h3,7-15,21,26H,1,4-6,16-17H2,2H3. The summed E-state index contributed by atoms with van der Waals surface area (Å²) >= 11 is 0. The van der Waals surface area contributed by atoms with Crippen molar-refractivity contribution in [2.24, 2.45) is 0 Å². The van der Waals surface area contributed by atoms with Crippen molar-refractivity contribution in [3.05, 3.63) is 90.3 Å². The summed E-state index contributed by atoms with van der Waals surface area (Å²) in [5.41, 5.74) is 2.66. The highest BCUT2D eigenvalue weighted by Crippen LogP contribution is 2.33. The summed E-state index contributed by atoms with van der Waals surface area (Å²) < 4.78 is 60.2. The van der Waals surface area contributed by atoms with Crippen molar-refractivity contribution >= 4 is 0 Å². The Hall–Kier alpha value is -3.09. The van der Waals surface area contributed by atoms with Crippen LogP contribution in [0.25, 0.3) is 22.3 Å². The van der Waals surface area contributed by atoms with Crippen molar-refractivity contribution in [1.29, 1.82) is 0 Å². The van der Waals surface area contributed by atoms with Crippen LogP contribution in [-0.2, 0) is 9.47 Å². The fraction of sp³-hybridized carbons (Fsp3) is 0.286. The second-order valence-corrected chi connectivity index (χ2v) is 8.15. The average molecular weight is 469 g/mol. The quantitative estimate of drug-likeness (QED) is 0.326. The maximum atomic E-state index is 14.9. The molecular formula is C28H27F3O3. The highest BCUT2D eigenvalue weighted by Gasteiger charge is 2.25. The van der Waals surface area contributed by atoms with E-state index in [0.29, 0.717) is 29.9 Å². The Bertz CT molecular complexity index is 1140. The Morgan fingerprint density at radius 2 is 1.59 bits per heavy atom. The number of halogens is 3. The Kier molecular flexibility index (Phi) is 7.70. The third-order valence-corrected chi connectivity index (χ3v) is 5.89. The lowest BCUT2D eigenvalue weighted by Crippen LogP contribution is -2.31. The molecule has 3 aromatic carbocycles. The molecule has 1 heterocycles. The van der Waals surface area contributed by atoms with Gasteiger partial charge in [0.2, 0.25) is 5.82 Å². The molecule has 3 aromatic rings. The molecule has 4 rings (SSSR count). The minimum absolute atomic E-state index is 0.114. The van der Waals surface area contributed by atoms with Crippen LogP contribution in [0.3, 0.4) is 0 Å². The van der Waals surface area contributed by atoms with E-state index in [9.17, 15) is 13.2 Å². The molecule has 0 atom stereocenters. The number of benzene rings is 3. The van der Waals surface area contributed by atoms with Crippen LogP contribution in [0.2, 0.25) is 0 Å². The van der Waals surface area contributed by atoms with E-state index in [1.807, 2.05) is 12.1 Å². The van der Waals surface area contributed by atoms with E-state index in [1.165, 1.54) is 18.2 Å². The van der Waals surface area contributed by atoms with Crippen LogP contribution in [0.15, 0.2) is 67.3 Å². The zero-order valence-corrected chi connectivity index (χ0v) is 19.0. The molecule has 0 radical (unpaired) electrons. The fourth-order valence-electron chi connectivity index (χ4n) is 4.05. The van der Waals surface area contributed by atoms with Gasteiger partial charge < -0.3 is 14.2 Å². The van der Waals surface area contributed by atoms with Crippen LogP contribution in [0.1, 0.15) is 31.2 Å². The Labute approximate surface area is 197 Å². The summed E-state index contributed by atoms with van der Waals surface area (Å²) in [7, 11) is 0. The summed E-state index contributed by atoms with van der Waals surface area (Å²) in [4.78, 5) is 0. The van der Waals surface area contributed by atoms with Gasteiger partial charge in [0.25, 0.3) is 0 Å². The molecule has 1 fully saturated rings. The number of allylic oxidation sites excluding steroid dienone is 1. The molecule has 0 saturated carbocycles. The highest BCUT2D eigenvalue weighted by molar-refractivity contribution is 5.71. The molecule has 0 unspecified atom stereocenters. The molecule has 6 heteroatoms. The zero-order chi connectivity index (χ0) is 24.1. The highest BCUT2D eigenvalue weighted by atomic mass is 19.2. The maximum absolute atomic E-state index is 14.9. The predicted molar refractivity (Wildman–Crippen MR) is 126 cm³/mol. The molecule has 1 saturated heterocycles. The number of hydrogen-bond acceptors (Lipinski definition) is 3. The van der Waals surface area contributed by atoms with Crippen LogP contribution in [-0.4, -0.2) is 26.1 Å². The minimum atomic E-state index is -1.01. The maximum Gasteiger partial charge on any atom is 0.201 e. The molecule has 3 nitrogen and oxygen atoms in total. The predicted octanol–water partition coefficient (Wildman–Crippen LogP) is 7.26. The summed E-state index contributed by atoms with van der Waals surface area (Å²) in [6.07, 6.45) is 3.08. The van der Waals surface area contributed by atoms with E-state index in [2.05, 4.69) is 6.58 Å². The lowest BCUT2D eigenvalue weighted by Gasteiger charge is -2.29.